The van der Waals surface area contributed by atoms with Gasteiger partial charge in [-0.05, 0) is 12.3 Å². The molecule has 2 aliphatic rings. The van der Waals surface area contributed by atoms with Gasteiger partial charge in [-0.3, -0.25) is 0 Å². The summed E-state index contributed by atoms with van der Waals surface area (Å²) in [4.78, 5) is 0. The zero-order valence-corrected chi connectivity index (χ0v) is 11.5. The van der Waals surface area contributed by atoms with Crippen molar-refractivity contribution in [2.45, 2.75) is 50.2 Å². The second-order valence-electron chi connectivity index (χ2n) is 5.86. The molecule has 4 heteroatoms. The first kappa shape index (κ1) is 14.3. The summed E-state index contributed by atoms with van der Waals surface area (Å²) in [6.07, 6.45) is 6.95. The molecule has 0 spiro atoms. The fourth-order valence-electron chi connectivity index (χ4n) is 3.14. The van der Waals surface area contributed by atoms with Crippen molar-refractivity contribution in [1.82, 2.24) is 5.32 Å². The second kappa shape index (κ2) is 6.85. The Morgan fingerprint density at radius 1 is 1.44 bits per heavy atom. The largest absolute Gasteiger partial charge is 0.392 e. The number of aliphatic hydroxyl groups is 1. The lowest BCUT2D eigenvalue weighted by Crippen LogP contribution is -2.45. The minimum Gasteiger partial charge on any atom is -0.392 e. The molecule has 106 valence electrons. The van der Waals surface area contributed by atoms with Crippen LogP contribution in [0.4, 0.5) is 0 Å². The highest BCUT2D eigenvalue weighted by Crippen LogP contribution is 2.28. The summed E-state index contributed by atoms with van der Waals surface area (Å²) in [6.45, 7) is 2.88. The Morgan fingerprint density at radius 2 is 2.22 bits per heavy atom. The van der Waals surface area contributed by atoms with Crippen molar-refractivity contribution in [3.05, 3.63) is 0 Å². The Hall–Kier alpha value is -0.160. The average Bonchev–Trinajstić information content (AvgIpc) is 3.01. The van der Waals surface area contributed by atoms with Gasteiger partial charge in [0.15, 0.2) is 0 Å². The molecule has 0 amide bonds. The van der Waals surface area contributed by atoms with Crippen LogP contribution in [0, 0.1) is 5.92 Å². The third-order valence-corrected chi connectivity index (χ3v) is 4.41. The van der Waals surface area contributed by atoms with E-state index in [0.29, 0.717) is 13.2 Å². The van der Waals surface area contributed by atoms with E-state index < -0.39 is 0 Å². The number of methoxy groups -OCH3 is 1. The second-order valence-corrected chi connectivity index (χ2v) is 5.86. The summed E-state index contributed by atoms with van der Waals surface area (Å²) < 4.78 is 10.9. The van der Waals surface area contributed by atoms with Crippen LogP contribution in [0.3, 0.4) is 0 Å². The predicted octanol–water partition coefficient (Wildman–Crippen LogP) is 1.32. The zero-order chi connectivity index (χ0) is 12.8. The lowest BCUT2D eigenvalue weighted by Gasteiger charge is -2.27. The minimum atomic E-state index is -0.218. The quantitative estimate of drug-likeness (QED) is 0.722. The van der Waals surface area contributed by atoms with Gasteiger partial charge in [-0.1, -0.05) is 25.7 Å². The molecule has 1 heterocycles. The van der Waals surface area contributed by atoms with Gasteiger partial charge in [0.2, 0.25) is 0 Å². The molecule has 2 rings (SSSR count). The van der Waals surface area contributed by atoms with E-state index in [1.807, 2.05) is 0 Å². The van der Waals surface area contributed by atoms with Crippen molar-refractivity contribution in [1.29, 1.82) is 0 Å². The van der Waals surface area contributed by atoms with E-state index in [2.05, 4.69) is 5.32 Å². The lowest BCUT2D eigenvalue weighted by atomic mass is 9.99. The van der Waals surface area contributed by atoms with Crippen LogP contribution in [0.5, 0.6) is 0 Å². The highest BCUT2D eigenvalue weighted by molar-refractivity contribution is 4.87. The lowest BCUT2D eigenvalue weighted by molar-refractivity contribution is -0.0176. The summed E-state index contributed by atoms with van der Waals surface area (Å²) >= 11 is 0. The molecular weight excluding hydrogens is 230 g/mol. The molecule has 0 bridgehead atoms. The SMILES string of the molecule is COC1(CNCC(O)CC2CCCC2)CCOC1. The molecule has 0 aromatic carbocycles. The number of ether oxygens (including phenoxy) is 2. The number of hydrogen-bond donors (Lipinski definition) is 2. The zero-order valence-electron chi connectivity index (χ0n) is 11.5. The standard InChI is InChI=1S/C14H27NO3/c1-17-14(6-7-18-11-14)10-15-9-13(16)8-12-4-2-3-5-12/h12-13,15-16H,2-11H2,1H3. The number of rotatable bonds is 7. The van der Waals surface area contributed by atoms with Crippen LogP contribution in [0.1, 0.15) is 38.5 Å². The Labute approximate surface area is 110 Å². The van der Waals surface area contributed by atoms with Crippen LogP contribution in [0.2, 0.25) is 0 Å². The highest BCUT2D eigenvalue weighted by atomic mass is 16.5. The Kier molecular flexibility index (Phi) is 5.42. The summed E-state index contributed by atoms with van der Waals surface area (Å²) in [5.74, 6) is 0.744. The Bertz CT molecular complexity index is 235. The molecule has 2 fully saturated rings. The molecule has 0 aromatic heterocycles. The van der Waals surface area contributed by atoms with Crippen molar-refractivity contribution >= 4 is 0 Å². The van der Waals surface area contributed by atoms with Crippen LogP contribution >= 0.6 is 0 Å². The predicted molar refractivity (Wildman–Crippen MR) is 70.6 cm³/mol. The summed E-state index contributed by atoms with van der Waals surface area (Å²) in [7, 11) is 1.74. The maximum atomic E-state index is 10.0. The summed E-state index contributed by atoms with van der Waals surface area (Å²) in [6, 6.07) is 0. The van der Waals surface area contributed by atoms with Crippen molar-refractivity contribution in [2.75, 3.05) is 33.4 Å². The van der Waals surface area contributed by atoms with Crippen LogP contribution < -0.4 is 5.32 Å². The van der Waals surface area contributed by atoms with Gasteiger partial charge in [-0.2, -0.15) is 0 Å². The summed E-state index contributed by atoms with van der Waals surface area (Å²) in [5.41, 5.74) is -0.174. The molecule has 2 N–H and O–H groups in total. The molecule has 1 saturated carbocycles. The molecule has 18 heavy (non-hydrogen) atoms. The minimum absolute atomic E-state index is 0.174. The number of hydrogen-bond acceptors (Lipinski definition) is 4. The Morgan fingerprint density at radius 3 is 2.83 bits per heavy atom. The highest BCUT2D eigenvalue weighted by Gasteiger charge is 2.34. The van der Waals surface area contributed by atoms with Crippen LogP contribution in [-0.2, 0) is 9.47 Å². The maximum absolute atomic E-state index is 10.0. The smallest absolute Gasteiger partial charge is 0.106 e. The van der Waals surface area contributed by atoms with Crippen LogP contribution in [0.15, 0.2) is 0 Å². The average molecular weight is 257 g/mol. The van der Waals surface area contributed by atoms with E-state index in [-0.39, 0.29) is 11.7 Å². The van der Waals surface area contributed by atoms with E-state index in [0.717, 1.165) is 31.9 Å². The number of nitrogens with one attached hydrogen (secondary N) is 1. The molecule has 2 unspecified atom stereocenters. The van der Waals surface area contributed by atoms with Gasteiger partial charge >= 0.3 is 0 Å². The van der Waals surface area contributed by atoms with Crippen molar-refractivity contribution in [3.8, 4) is 0 Å². The fourth-order valence-corrected chi connectivity index (χ4v) is 3.14. The first-order valence-corrected chi connectivity index (χ1v) is 7.26. The maximum Gasteiger partial charge on any atom is 0.106 e. The van der Waals surface area contributed by atoms with E-state index >= 15 is 0 Å². The van der Waals surface area contributed by atoms with Crippen molar-refractivity contribution in [2.24, 2.45) is 5.92 Å². The monoisotopic (exact) mass is 257 g/mol. The van der Waals surface area contributed by atoms with E-state index in [1.54, 1.807) is 7.11 Å². The van der Waals surface area contributed by atoms with Crippen LogP contribution in [0.25, 0.3) is 0 Å². The molecule has 0 radical (unpaired) electrons. The van der Waals surface area contributed by atoms with Crippen molar-refractivity contribution < 1.29 is 14.6 Å². The van der Waals surface area contributed by atoms with Gasteiger partial charge in [0, 0.05) is 33.2 Å². The molecule has 4 nitrogen and oxygen atoms in total. The van der Waals surface area contributed by atoms with E-state index in [1.165, 1.54) is 25.7 Å². The molecule has 1 aliphatic carbocycles. The van der Waals surface area contributed by atoms with Crippen LogP contribution in [-0.4, -0.2) is 50.2 Å². The van der Waals surface area contributed by atoms with Crippen molar-refractivity contribution in [3.63, 3.8) is 0 Å². The topological polar surface area (TPSA) is 50.7 Å². The van der Waals surface area contributed by atoms with Gasteiger partial charge in [-0.15, -0.1) is 0 Å². The van der Waals surface area contributed by atoms with E-state index in [9.17, 15) is 5.11 Å². The molecule has 1 aliphatic heterocycles. The first-order valence-electron chi connectivity index (χ1n) is 7.26. The van der Waals surface area contributed by atoms with Gasteiger partial charge in [0.25, 0.3) is 0 Å². The summed E-state index contributed by atoms with van der Waals surface area (Å²) in [5, 5.41) is 13.3. The van der Waals surface area contributed by atoms with Gasteiger partial charge in [-0.25, -0.2) is 0 Å². The fraction of sp³-hybridized carbons (Fsp3) is 1.00. The Balaban J connectivity index is 1.61. The molecular formula is C14H27NO3. The third-order valence-electron chi connectivity index (χ3n) is 4.41. The third kappa shape index (κ3) is 3.92. The molecule has 1 saturated heterocycles. The normalized spacial score (nSPS) is 31.0. The van der Waals surface area contributed by atoms with Gasteiger partial charge < -0.3 is 19.9 Å². The molecule has 2 atom stereocenters. The van der Waals surface area contributed by atoms with E-state index in [4.69, 9.17) is 9.47 Å². The van der Waals surface area contributed by atoms with Gasteiger partial charge in [0.05, 0.1) is 12.7 Å². The molecule has 0 aromatic rings. The van der Waals surface area contributed by atoms with Gasteiger partial charge in [0.1, 0.15) is 5.60 Å². The number of aliphatic hydroxyl groups excluding tert-OH is 1. The first-order chi connectivity index (χ1) is 8.74.